The minimum Gasteiger partial charge on any atom is -0.444 e. The van der Waals surface area contributed by atoms with E-state index in [9.17, 15) is 9.59 Å². The number of nitrogens with one attached hydrogen (secondary N) is 1. The lowest BCUT2D eigenvalue weighted by atomic mass is 9.86. The van der Waals surface area contributed by atoms with Gasteiger partial charge >= 0.3 is 6.09 Å². The molecule has 0 bridgehead atoms. The average Bonchev–Trinajstić information content (AvgIpc) is 3.04. The van der Waals surface area contributed by atoms with Gasteiger partial charge in [-0.25, -0.2) is 9.78 Å². The molecule has 3 heterocycles. The smallest absolute Gasteiger partial charge is 0.410 e. The maximum absolute atomic E-state index is 12.3. The number of hydrogen-bond donors (Lipinski definition) is 1. The number of hydrogen-bond acceptors (Lipinski definition) is 5. The van der Waals surface area contributed by atoms with E-state index in [4.69, 9.17) is 4.74 Å². The summed E-state index contributed by atoms with van der Waals surface area (Å²) in [5.41, 5.74) is 0.190. The predicted octanol–water partition coefficient (Wildman–Crippen LogP) is 1.92. The standard InChI is InChI=1S/C17H26N4O3/c1-12-9-13(22)19-14(18-12)20-7-5-17(10-20)6-8-21(11-17)15(23)24-16(2,3)4/h9H,5-8,10-11H2,1-4H3,(H,18,19,22). The minimum absolute atomic E-state index is 0.0687. The molecule has 132 valence electrons. The summed E-state index contributed by atoms with van der Waals surface area (Å²) in [6.45, 7) is 10.5. The topological polar surface area (TPSA) is 78.5 Å². The number of carbonyl (C=O) groups excluding carboxylic acids is 1. The highest BCUT2D eigenvalue weighted by Crippen LogP contribution is 2.40. The van der Waals surface area contributed by atoms with Gasteiger partial charge in [0.05, 0.1) is 0 Å². The van der Waals surface area contributed by atoms with E-state index in [2.05, 4.69) is 14.9 Å². The Morgan fingerprint density at radius 3 is 2.67 bits per heavy atom. The molecular formula is C17H26N4O3. The highest BCUT2D eigenvalue weighted by atomic mass is 16.6. The van der Waals surface area contributed by atoms with Crippen LogP contribution < -0.4 is 10.5 Å². The van der Waals surface area contributed by atoms with Crippen LogP contribution in [-0.2, 0) is 4.74 Å². The molecule has 2 aliphatic heterocycles. The third kappa shape index (κ3) is 3.55. The molecule has 24 heavy (non-hydrogen) atoms. The van der Waals surface area contributed by atoms with Crippen LogP contribution in [-0.4, -0.2) is 52.7 Å². The third-order valence-electron chi connectivity index (χ3n) is 4.69. The van der Waals surface area contributed by atoms with E-state index in [-0.39, 0.29) is 17.1 Å². The molecule has 1 aromatic heterocycles. The average molecular weight is 334 g/mol. The minimum atomic E-state index is -0.473. The number of likely N-dealkylation sites (tertiary alicyclic amines) is 1. The molecule has 1 spiro atoms. The van der Waals surface area contributed by atoms with Crippen molar-refractivity contribution in [1.29, 1.82) is 0 Å². The van der Waals surface area contributed by atoms with Crippen molar-refractivity contribution in [3.8, 4) is 0 Å². The fourth-order valence-corrected chi connectivity index (χ4v) is 3.58. The lowest BCUT2D eigenvalue weighted by molar-refractivity contribution is 0.0276. The van der Waals surface area contributed by atoms with E-state index in [0.29, 0.717) is 12.5 Å². The largest absolute Gasteiger partial charge is 0.444 e. The van der Waals surface area contributed by atoms with E-state index in [1.54, 1.807) is 4.90 Å². The second-order valence-corrected chi connectivity index (χ2v) is 8.03. The first-order chi connectivity index (χ1) is 11.2. The molecule has 0 radical (unpaired) electrons. The van der Waals surface area contributed by atoms with Gasteiger partial charge in [-0.1, -0.05) is 0 Å². The van der Waals surface area contributed by atoms with E-state index in [0.717, 1.165) is 38.2 Å². The van der Waals surface area contributed by atoms with Gasteiger partial charge in [0.15, 0.2) is 0 Å². The number of nitrogens with zero attached hydrogens (tertiary/aromatic N) is 3. The summed E-state index contributed by atoms with van der Waals surface area (Å²) in [5, 5.41) is 0. The normalized spacial score (nSPS) is 24.0. The molecule has 7 heteroatoms. The SMILES string of the molecule is Cc1cc(=O)[nH]c(N2CCC3(CCN(C(=O)OC(C)(C)C)C3)C2)n1. The van der Waals surface area contributed by atoms with Crippen LogP contribution in [0.4, 0.5) is 10.7 Å². The molecule has 0 saturated carbocycles. The monoisotopic (exact) mass is 334 g/mol. The van der Waals surface area contributed by atoms with Crippen LogP contribution in [0.2, 0.25) is 0 Å². The van der Waals surface area contributed by atoms with Crippen LogP contribution in [0.15, 0.2) is 10.9 Å². The Labute approximate surface area is 142 Å². The summed E-state index contributed by atoms with van der Waals surface area (Å²) in [6, 6.07) is 1.50. The van der Waals surface area contributed by atoms with Crippen molar-refractivity contribution in [3.05, 3.63) is 22.1 Å². The van der Waals surface area contributed by atoms with E-state index in [1.165, 1.54) is 6.07 Å². The molecule has 1 aromatic rings. The van der Waals surface area contributed by atoms with Crippen LogP contribution in [0.3, 0.4) is 0 Å². The summed E-state index contributed by atoms with van der Waals surface area (Å²) in [6.07, 6.45) is 1.71. The van der Waals surface area contributed by atoms with Gasteiger partial charge in [-0.05, 0) is 40.5 Å². The highest BCUT2D eigenvalue weighted by molar-refractivity contribution is 5.68. The Bertz CT molecular complexity index is 694. The molecule has 0 aromatic carbocycles. The molecule has 1 atom stereocenters. The first-order valence-corrected chi connectivity index (χ1v) is 8.47. The zero-order valence-electron chi connectivity index (χ0n) is 14.9. The van der Waals surface area contributed by atoms with E-state index < -0.39 is 5.60 Å². The first kappa shape index (κ1) is 16.8. The number of aromatic nitrogens is 2. The number of ether oxygens (including phenoxy) is 1. The predicted molar refractivity (Wildman–Crippen MR) is 91.3 cm³/mol. The number of aryl methyl sites for hydroxylation is 1. The molecule has 2 aliphatic rings. The number of carbonyl (C=O) groups is 1. The van der Waals surface area contributed by atoms with Gasteiger partial charge in [0.1, 0.15) is 5.60 Å². The van der Waals surface area contributed by atoms with Crippen molar-refractivity contribution < 1.29 is 9.53 Å². The lowest BCUT2D eigenvalue weighted by Gasteiger charge is -2.27. The van der Waals surface area contributed by atoms with Gasteiger partial charge in [0.2, 0.25) is 5.95 Å². The Hall–Kier alpha value is -2.05. The molecule has 0 aliphatic carbocycles. The summed E-state index contributed by atoms with van der Waals surface area (Å²) >= 11 is 0. The van der Waals surface area contributed by atoms with Crippen molar-refractivity contribution in [2.45, 2.75) is 46.1 Å². The summed E-state index contributed by atoms with van der Waals surface area (Å²) in [5.74, 6) is 0.632. The second-order valence-electron chi connectivity index (χ2n) is 8.03. The molecule has 2 saturated heterocycles. The Morgan fingerprint density at radius 1 is 1.29 bits per heavy atom. The zero-order valence-corrected chi connectivity index (χ0v) is 14.9. The second kappa shape index (κ2) is 5.79. The fourth-order valence-electron chi connectivity index (χ4n) is 3.58. The number of amides is 1. The number of H-pyrrole nitrogens is 1. The molecule has 1 N–H and O–H groups in total. The molecule has 3 rings (SSSR count). The first-order valence-electron chi connectivity index (χ1n) is 8.47. The van der Waals surface area contributed by atoms with Crippen molar-refractivity contribution in [3.63, 3.8) is 0 Å². The van der Waals surface area contributed by atoms with Gasteiger partial charge in [0, 0.05) is 43.4 Å². The van der Waals surface area contributed by atoms with Crippen molar-refractivity contribution in [2.75, 3.05) is 31.1 Å². The number of aromatic amines is 1. The van der Waals surface area contributed by atoms with Gasteiger partial charge in [-0.3, -0.25) is 9.78 Å². The number of rotatable bonds is 1. The molecular weight excluding hydrogens is 308 g/mol. The van der Waals surface area contributed by atoms with Gasteiger partial charge < -0.3 is 14.5 Å². The number of anilines is 1. The fraction of sp³-hybridized carbons (Fsp3) is 0.706. The van der Waals surface area contributed by atoms with Crippen molar-refractivity contribution in [1.82, 2.24) is 14.9 Å². The van der Waals surface area contributed by atoms with Crippen LogP contribution in [0.5, 0.6) is 0 Å². The highest BCUT2D eigenvalue weighted by Gasteiger charge is 2.46. The van der Waals surface area contributed by atoms with Crippen molar-refractivity contribution in [2.24, 2.45) is 5.41 Å². The van der Waals surface area contributed by atoms with Crippen LogP contribution in [0.1, 0.15) is 39.3 Å². The Kier molecular flexibility index (Phi) is 4.05. The Morgan fingerprint density at radius 2 is 2.00 bits per heavy atom. The third-order valence-corrected chi connectivity index (χ3v) is 4.69. The van der Waals surface area contributed by atoms with Gasteiger partial charge in [-0.2, -0.15) is 0 Å². The maximum Gasteiger partial charge on any atom is 0.410 e. The van der Waals surface area contributed by atoms with Crippen LogP contribution in [0.25, 0.3) is 0 Å². The Balaban J connectivity index is 1.67. The zero-order chi connectivity index (χ0) is 17.5. The molecule has 2 fully saturated rings. The van der Waals surface area contributed by atoms with E-state index in [1.807, 2.05) is 27.7 Å². The van der Waals surface area contributed by atoms with Gasteiger partial charge in [0.25, 0.3) is 5.56 Å². The summed E-state index contributed by atoms with van der Waals surface area (Å²) in [7, 11) is 0. The molecule has 1 amide bonds. The van der Waals surface area contributed by atoms with Crippen LogP contribution >= 0.6 is 0 Å². The maximum atomic E-state index is 12.3. The molecule has 1 unspecified atom stereocenters. The van der Waals surface area contributed by atoms with Crippen LogP contribution in [0, 0.1) is 12.3 Å². The molecule has 7 nitrogen and oxygen atoms in total. The van der Waals surface area contributed by atoms with Gasteiger partial charge in [-0.15, -0.1) is 0 Å². The summed E-state index contributed by atoms with van der Waals surface area (Å²) in [4.78, 5) is 35.1. The summed E-state index contributed by atoms with van der Waals surface area (Å²) < 4.78 is 5.48. The quantitative estimate of drug-likeness (QED) is 0.849. The van der Waals surface area contributed by atoms with Crippen molar-refractivity contribution >= 4 is 12.0 Å². The lowest BCUT2D eigenvalue weighted by Crippen LogP contribution is -2.38. The van der Waals surface area contributed by atoms with E-state index >= 15 is 0 Å².